The molecule has 1 heterocycles. The highest BCUT2D eigenvalue weighted by atomic mass is 35.5. The van der Waals surface area contributed by atoms with E-state index in [9.17, 15) is 8.42 Å². The lowest BCUT2D eigenvalue weighted by Gasteiger charge is -2.30. The van der Waals surface area contributed by atoms with Gasteiger partial charge in [-0.05, 0) is 30.3 Å². The standard InChI is InChI=1S/C14H13ClN2O2S2/c15-10-5-6-14(11(16)9-10)21(18,19)17-7-8-20-13-4-2-1-3-12(13)17/h1-6,9H,7-8,16H2. The van der Waals surface area contributed by atoms with E-state index in [0.29, 0.717) is 23.0 Å². The number of hydrogen-bond donors (Lipinski definition) is 1. The van der Waals surface area contributed by atoms with E-state index in [1.807, 2.05) is 24.3 Å². The van der Waals surface area contributed by atoms with Crippen LogP contribution in [0.4, 0.5) is 11.4 Å². The summed E-state index contributed by atoms with van der Waals surface area (Å²) in [6.07, 6.45) is 0. The minimum atomic E-state index is -3.69. The molecule has 0 radical (unpaired) electrons. The van der Waals surface area contributed by atoms with Crippen molar-refractivity contribution in [2.45, 2.75) is 9.79 Å². The number of nitrogens with two attached hydrogens (primary N) is 1. The topological polar surface area (TPSA) is 63.4 Å². The number of halogens is 1. The maximum Gasteiger partial charge on any atom is 0.266 e. The van der Waals surface area contributed by atoms with Gasteiger partial charge in [-0.3, -0.25) is 4.31 Å². The Balaban J connectivity index is 2.12. The van der Waals surface area contributed by atoms with Gasteiger partial charge < -0.3 is 5.73 Å². The highest BCUT2D eigenvalue weighted by Crippen LogP contribution is 2.38. The monoisotopic (exact) mass is 340 g/mol. The highest BCUT2D eigenvalue weighted by molar-refractivity contribution is 8.00. The van der Waals surface area contributed by atoms with E-state index < -0.39 is 10.0 Å². The zero-order chi connectivity index (χ0) is 15.0. The van der Waals surface area contributed by atoms with Crippen molar-refractivity contribution in [3.05, 3.63) is 47.5 Å². The predicted molar refractivity (Wildman–Crippen MR) is 87.6 cm³/mol. The first kappa shape index (κ1) is 14.6. The lowest BCUT2D eigenvalue weighted by molar-refractivity contribution is 0.592. The molecule has 0 unspecified atom stereocenters. The van der Waals surface area contributed by atoms with Crippen LogP contribution in [0, 0.1) is 0 Å². The molecule has 0 bridgehead atoms. The van der Waals surface area contributed by atoms with Crippen LogP contribution >= 0.6 is 23.4 Å². The van der Waals surface area contributed by atoms with E-state index in [1.54, 1.807) is 11.8 Å². The maximum absolute atomic E-state index is 12.9. The van der Waals surface area contributed by atoms with Crippen molar-refractivity contribution in [2.75, 3.05) is 22.3 Å². The Kier molecular flexibility index (Phi) is 3.77. The smallest absolute Gasteiger partial charge is 0.266 e. The van der Waals surface area contributed by atoms with Gasteiger partial charge >= 0.3 is 0 Å². The molecule has 2 N–H and O–H groups in total. The van der Waals surface area contributed by atoms with E-state index in [-0.39, 0.29) is 10.6 Å². The average molecular weight is 341 g/mol. The molecule has 2 aromatic carbocycles. The molecule has 1 aliphatic heterocycles. The zero-order valence-corrected chi connectivity index (χ0v) is 13.4. The molecule has 4 nitrogen and oxygen atoms in total. The van der Waals surface area contributed by atoms with Gasteiger partial charge in [0.2, 0.25) is 0 Å². The lowest BCUT2D eigenvalue weighted by Crippen LogP contribution is -2.35. The van der Waals surface area contributed by atoms with Crippen LogP contribution in [0.1, 0.15) is 0 Å². The quantitative estimate of drug-likeness (QED) is 0.852. The summed E-state index contributed by atoms with van der Waals surface area (Å²) in [7, 11) is -3.69. The Labute approximate surface area is 132 Å². The van der Waals surface area contributed by atoms with Crippen molar-refractivity contribution < 1.29 is 8.42 Å². The number of thioether (sulfide) groups is 1. The van der Waals surface area contributed by atoms with Crippen molar-refractivity contribution in [3.63, 3.8) is 0 Å². The summed E-state index contributed by atoms with van der Waals surface area (Å²) < 4.78 is 27.2. The molecule has 0 saturated heterocycles. The van der Waals surface area contributed by atoms with Gasteiger partial charge in [-0.2, -0.15) is 0 Å². The molecule has 0 saturated carbocycles. The zero-order valence-electron chi connectivity index (χ0n) is 11.0. The molecule has 3 rings (SSSR count). The van der Waals surface area contributed by atoms with Crippen LogP contribution in [-0.2, 0) is 10.0 Å². The minimum Gasteiger partial charge on any atom is -0.398 e. The Morgan fingerprint density at radius 2 is 1.95 bits per heavy atom. The highest BCUT2D eigenvalue weighted by Gasteiger charge is 2.30. The van der Waals surface area contributed by atoms with Crippen LogP contribution in [0.3, 0.4) is 0 Å². The molecule has 0 spiro atoms. The predicted octanol–water partition coefficient (Wildman–Crippen LogP) is 3.22. The Morgan fingerprint density at radius 3 is 2.71 bits per heavy atom. The summed E-state index contributed by atoms with van der Waals surface area (Å²) in [4.78, 5) is 1.05. The molecule has 0 fully saturated rings. The number of nitrogens with zero attached hydrogens (tertiary/aromatic N) is 1. The minimum absolute atomic E-state index is 0.0913. The summed E-state index contributed by atoms with van der Waals surface area (Å²) in [6.45, 7) is 0.423. The van der Waals surface area contributed by atoms with Gasteiger partial charge in [0.25, 0.3) is 10.0 Å². The molecule has 0 aromatic heterocycles. The molecule has 0 aliphatic carbocycles. The molecule has 0 amide bonds. The number of nitrogen functional groups attached to an aromatic ring is 1. The first-order valence-electron chi connectivity index (χ1n) is 6.30. The fraction of sp³-hybridized carbons (Fsp3) is 0.143. The Bertz CT molecular complexity index is 793. The molecule has 0 atom stereocenters. The molecule has 110 valence electrons. The van der Waals surface area contributed by atoms with Crippen LogP contribution < -0.4 is 10.0 Å². The van der Waals surface area contributed by atoms with E-state index in [2.05, 4.69) is 0 Å². The van der Waals surface area contributed by atoms with Gasteiger partial charge in [-0.1, -0.05) is 23.7 Å². The Hall–Kier alpha value is -1.37. The fourth-order valence-electron chi connectivity index (χ4n) is 2.27. The largest absolute Gasteiger partial charge is 0.398 e. The third-order valence-corrected chi connectivity index (χ3v) is 6.39. The number of anilines is 2. The van der Waals surface area contributed by atoms with Crippen molar-refractivity contribution >= 4 is 44.8 Å². The number of benzene rings is 2. The van der Waals surface area contributed by atoms with Gasteiger partial charge in [0.15, 0.2) is 0 Å². The fourth-order valence-corrected chi connectivity index (χ4v) is 5.20. The third kappa shape index (κ3) is 2.59. The summed E-state index contributed by atoms with van der Waals surface area (Å²) in [5.74, 6) is 0.712. The first-order valence-corrected chi connectivity index (χ1v) is 9.10. The van der Waals surface area contributed by atoms with Crippen molar-refractivity contribution in [1.29, 1.82) is 0 Å². The van der Waals surface area contributed by atoms with E-state index in [0.717, 1.165) is 4.90 Å². The van der Waals surface area contributed by atoms with Crippen LogP contribution in [-0.4, -0.2) is 20.7 Å². The number of fused-ring (bicyclic) bond motifs is 1. The summed E-state index contributed by atoms with van der Waals surface area (Å²) in [6, 6.07) is 11.9. The van der Waals surface area contributed by atoms with Crippen LogP contribution in [0.25, 0.3) is 0 Å². The number of para-hydroxylation sites is 1. The molecule has 7 heteroatoms. The number of sulfonamides is 1. The summed E-state index contributed by atoms with van der Waals surface area (Å²) >= 11 is 7.49. The van der Waals surface area contributed by atoms with Crippen molar-refractivity contribution in [1.82, 2.24) is 0 Å². The molecular formula is C14H13ClN2O2S2. The SMILES string of the molecule is Nc1cc(Cl)ccc1S(=O)(=O)N1CCSc2ccccc21. The molecular weight excluding hydrogens is 328 g/mol. The third-order valence-electron chi connectivity index (χ3n) is 3.23. The Morgan fingerprint density at radius 1 is 1.19 bits per heavy atom. The molecule has 1 aliphatic rings. The molecule has 21 heavy (non-hydrogen) atoms. The van der Waals surface area contributed by atoms with E-state index in [4.69, 9.17) is 17.3 Å². The summed E-state index contributed by atoms with van der Waals surface area (Å²) in [5, 5.41) is 0.418. The van der Waals surface area contributed by atoms with Gasteiger partial charge in [0.1, 0.15) is 4.90 Å². The van der Waals surface area contributed by atoms with E-state index in [1.165, 1.54) is 22.5 Å². The van der Waals surface area contributed by atoms with E-state index >= 15 is 0 Å². The lowest BCUT2D eigenvalue weighted by atomic mass is 10.3. The number of hydrogen-bond acceptors (Lipinski definition) is 4. The van der Waals surface area contributed by atoms with Crippen molar-refractivity contribution in [2.24, 2.45) is 0 Å². The second-order valence-corrected chi connectivity index (χ2v) is 7.98. The maximum atomic E-state index is 12.9. The normalized spacial score (nSPS) is 14.8. The van der Waals surface area contributed by atoms with Crippen LogP contribution in [0.15, 0.2) is 52.3 Å². The summed E-state index contributed by atoms with van der Waals surface area (Å²) in [5.41, 5.74) is 6.70. The molecule has 2 aromatic rings. The number of rotatable bonds is 2. The second kappa shape index (κ2) is 5.44. The van der Waals surface area contributed by atoms with Gasteiger partial charge in [0.05, 0.1) is 11.4 Å². The van der Waals surface area contributed by atoms with Gasteiger partial charge in [0, 0.05) is 22.2 Å². The average Bonchev–Trinajstić information content (AvgIpc) is 2.46. The van der Waals surface area contributed by atoms with Gasteiger partial charge in [-0.25, -0.2) is 8.42 Å². The van der Waals surface area contributed by atoms with Crippen LogP contribution in [0.2, 0.25) is 5.02 Å². The second-order valence-electron chi connectivity index (χ2n) is 4.58. The van der Waals surface area contributed by atoms with Crippen molar-refractivity contribution in [3.8, 4) is 0 Å². The van der Waals surface area contributed by atoms with Crippen LogP contribution in [0.5, 0.6) is 0 Å². The van der Waals surface area contributed by atoms with Gasteiger partial charge in [-0.15, -0.1) is 11.8 Å². The first-order chi connectivity index (χ1) is 10.00.